The zero-order chi connectivity index (χ0) is 21.0. The van der Waals surface area contributed by atoms with Crippen LogP contribution in [0.2, 0.25) is 10.0 Å². The van der Waals surface area contributed by atoms with E-state index >= 15 is 0 Å². The first-order valence-electron chi connectivity index (χ1n) is 8.97. The van der Waals surface area contributed by atoms with Gasteiger partial charge in [0.2, 0.25) is 10.0 Å². The molecule has 3 aromatic carbocycles. The maximum Gasteiger partial charge on any atom is 0.240 e. The summed E-state index contributed by atoms with van der Waals surface area (Å²) in [7, 11) is -3.75. The quantitative estimate of drug-likeness (QED) is 0.421. The number of alkyl halides is 1. The summed E-state index contributed by atoms with van der Waals surface area (Å²) < 4.78 is 28.7. The minimum absolute atomic E-state index is 0.198. The summed E-state index contributed by atoms with van der Waals surface area (Å²) in [6.45, 7) is 1.91. The predicted molar refractivity (Wildman–Crippen MR) is 120 cm³/mol. The van der Waals surface area contributed by atoms with E-state index in [1.807, 2.05) is 19.1 Å². The first kappa shape index (κ1) is 22.1. The number of aryl methyl sites for hydroxylation is 1. The molecule has 0 aliphatic heterocycles. The third-order valence-electron chi connectivity index (χ3n) is 4.55. The van der Waals surface area contributed by atoms with Gasteiger partial charge in [0.05, 0.1) is 10.3 Å². The van der Waals surface area contributed by atoms with Crippen molar-refractivity contribution in [2.24, 2.45) is 0 Å². The zero-order valence-electron chi connectivity index (χ0n) is 15.6. The van der Waals surface area contributed by atoms with E-state index in [2.05, 4.69) is 4.72 Å². The molecule has 2 atom stereocenters. The molecule has 0 radical (unpaired) electrons. The molecule has 0 saturated carbocycles. The first-order chi connectivity index (χ1) is 13.7. The Morgan fingerprint density at radius 3 is 1.90 bits per heavy atom. The molecule has 3 rings (SSSR count). The summed E-state index contributed by atoms with van der Waals surface area (Å²) in [5, 5.41) is 0.612. The van der Waals surface area contributed by atoms with Crippen LogP contribution in [0, 0.1) is 6.92 Å². The molecule has 0 saturated heterocycles. The highest BCUT2D eigenvalue weighted by atomic mass is 35.5. The molecule has 0 heterocycles. The molecule has 1 N–H and O–H groups in total. The average Bonchev–Trinajstić information content (AvgIpc) is 2.69. The molecular formula is C22H20Cl3NO2S. The van der Waals surface area contributed by atoms with E-state index in [4.69, 9.17) is 34.8 Å². The fraction of sp³-hybridized carbons (Fsp3) is 0.182. The summed E-state index contributed by atoms with van der Waals surface area (Å²) >= 11 is 18.7. The normalized spacial score (nSPS) is 13.8. The second-order valence-corrected chi connectivity index (χ2v) is 9.88. The van der Waals surface area contributed by atoms with Crippen LogP contribution in [-0.4, -0.2) is 14.5 Å². The average molecular weight is 469 g/mol. The van der Waals surface area contributed by atoms with Crippen LogP contribution in [0.4, 0.5) is 0 Å². The SMILES string of the molecule is Cc1ccc(S(=O)(=O)N[C@H](Cc2ccc(Cl)cc2)[C@@H](Cl)c2ccc(Cl)cc2)cc1. The molecule has 0 fully saturated rings. The number of hydrogen-bond donors (Lipinski definition) is 1. The lowest BCUT2D eigenvalue weighted by Gasteiger charge is -2.24. The van der Waals surface area contributed by atoms with E-state index in [0.29, 0.717) is 16.5 Å². The number of hydrogen-bond acceptors (Lipinski definition) is 2. The lowest BCUT2D eigenvalue weighted by Crippen LogP contribution is -2.39. The zero-order valence-corrected chi connectivity index (χ0v) is 18.7. The van der Waals surface area contributed by atoms with Gasteiger partial charge in [-0.1, -0.05) is 65.2 Å². The molecule has 0 aliphatic carbocycles. The van der Waals surface area contributed by atoms with E-state index in [9.17, 15) is 8.42 Å². The van der Waals surface area contributed by atoms with Gasteiger partial charge in [0.25, 0.3) is 0 Å². The summed E-state index contributed by atoms with van der Waals surface area (Å²) in [4.78, 5) is 0.198. The van der Waals surface area contributed by atoms with Gasteiger partial charge in [0.1, 0.15) is 0 Å². The van der Waals surface area contributed by atoms with Crippen LogP contribution in [0.5, 0.6) is 0 Å². The Bertz CT molecular complexity index is 1050. The minimum Gasteiger partial charge on any atom is -0.207 e. The monoisotopic (exact) mass is 467 g/mol. The van der Waals surface area contributed by atoms with E-state index in [1.54, 1.807) is 60.7 Å². The van der Waals surface area contributed by atoms with Crippen molar-refractivity contribution in [3.8, 4) is 0 Å². The molecule has 0 aromatic heterocycles. The van der Waals surface area contributed by atoms with Crippen molar-refractivity contribution in [1.82, 2.24) is 4.72 Å². The highest BCUT2D eigenvalue weighted by Crippen LogP contribution is 2.29. The highest BCUT2D eigenvalue weighted by molar-refractivity contribution is 7.89. The molecule has 3 aromatic rings. The van der Waals surface area contributed by atoms with Crippen LogP contribution in [0.15, 0.2) is 77.7 Å². The minimum atomic E-state index is -3.75. The molecule has 0 bridgehead atoms. The van der Waals surface area contributed by atoms with Gasteiger partial charge in [0.15, 0.2) is 0 Å². The van der Waals surface area contributed by atoms with Gasteiger partial charge in [-0.15, -0.1) is 11.6 Å². The Hall–Kier alpha value is -1.56. The fourth-order valence-corrected chi connectivity index (χ4v) is 4.82. The maximum atomic E-state index is 13.0. The van der Waals surface area contributed by atoms with Crippen molar-refractivity contribution in [2.75, 3.05) is 0 Å². The van der Waals surface area contributed by atoms with Crippen molar-refractivity contribution in [1.29, 1.82) is 0 Å². The van der Waals surface area contributed by atoms with Crippen molar-refractivity contribution < 1.29 is 8.42 Å². The lowest BCUT2D eigenvalue weighted by atomic mass is 9.99. The largest absolute Gasteiger partial charge is 0.240 e. The van der Waals surface area contributed by atoms with E-state index < -0.39 is 21.4 Å². The lowest BCUT2D eigenvalue weighted by molar-refractivity contribution is 0.536. The number of nitrogens with one attached hydrogen (secondary N) is 1. The fourth-order valence-electron chi connectivity index (χ4n) is 2.94. The molecule has 0 amide bonds. The highest BCUT2D eigenvalue weighted by Gasteiger charge is 2.27. The number of rotatable bonds is 7. The van der Waals surface area contributed by atoms with Crippen molar-refractivity contribution in [2.45, 2.75) is 29.7 Å². The van der Waals surface area contributed by atoms with E-state index in [1.165, 1.54) is 0 Å². The van der Waals surface area contributed by atoms with Crippen LogP contribution in [-0.2, 0) is 16.4 Å². The molecule has 0 aliphatic rings. The Morgan fingerprint density at radius 2 is 1.34 bits per heavy atom. The number of sulfonamides is 1. The van der Waals surface area contributed by atoms with E-state index in [-0.39, 0.29) is 4.90 Å². The van der Waals surface area contributed by atoms with Gasteiger partial charge in [-0.3, -0.25) is 0 Å². The summed E-state index contributed by atoms with van der Waals surface area (Å²) in [6.07, 6.45) is 0.402. The van der Waals surface area contributed by atoms with Gasteiger partial charge in [-0.05, 0) is 60.9 Å². The standard InChI is InChI=1S/C22H20Cl3NO2S/c1-15-2-12-20(13-3-15)29(27,28)26-21(14-16-4-8-18(23)9-5-16)22(25)17-6-10-19(24)11-7-17/h2-13,21-22,26H,14H2,1H3/t21-,22+/m1/s1. The van der Waals surface area contributed by atoms with E-state index in [0.717, 1.165) is 16.7 Å². The van der Waals surface area contributed by atoms with Crippen LogP contribution >= 0.6 is 34.8 Å². The molecule has 7 heteroatoms. The van der Waals surface area contributed by atoms with Crippen molar-refractivity contribution in [3.05, 3.63) is 99.5 Å². The number of benzene rings is 3. The van der Waals surface area contributed by atoms with Crippen LogP contribution < -0.4 is 4.72 Å². The summed E-state index contributed by atoms with van der Waals surface area (Å²) in [6, 6.07) is 20.5. The third kappa shape index (κ3) is 5.97. The Morgan fingerprint density at radius 1 is 0.828 bits per heavy atom. The smallest absolute Gasteiger partial charge is 0.207 e. The third-order valence-corrected chi connectivity index (χ3v) is 7.11. The summed E-state index contributed by atoms with van der Waals surface area (Å²) in [5.41, 5.74) is 2.69. The Balaban J connectivity index is 1.91. The van der Waals surface area contributed by atoms with Crippen molar-refractivity contribution >= 4 is 44.8 Å². The molecular weight excluding hydrogens is 449 g/mol. The predicted octanol–water partition coefficient (Wildman–Crippen LogP) is 6.17. The molecule has 3 nitrogen and oxygen atoms in total. The molecule has 152 valence electrons. The first-order valence-corrected chi connectivity index (χ1v) is 11.6. The molecule has 0 unspecified atom stereocenters. The van der Waals surface area contributed by atoms with Gasteiger partial charge >= 0.3 is 0 Å². The van der Waals surface area contributed by atoms with Gasteiger partial charge < -0.3 is 0 Å². The number of halogens is 3. The molecule has 0 spiro atoms. The second-order valence-electron chi connectivity index (χ2n) is 6.82. The van der Waals surface area contributed by atoms with Crippen LogP contribution in [0.3, 0.4) is 0 Å². The van der Waals surface area contributed by atoms with Crippen LogP contribution in [0.25, 0.3) is 0 Å². The van der Waals surface area contributed by atoms with Gasteiger partial charge in [-0.2, -0.15) is 0 Å². The molecule has 29 heavy (non-hydrogen) atoms. The van der Waals surface area contributed by atoms with Gasteiger partial charge in [-0.25, -0.2) is 13.1 Å². The second kappa shape index (κ2) is 9.50. The Labute approximate surface area is 186 Å². The van der Waals surface area contributed by atoms with Crippen LogP contribution in [0.1, 0.15) is 22.1 Å². The summed E-state index contributed by atoms with van der Waals surface area (Å²) in [5.74, 6) is 0. The topological polar surface area (TPSA) is 46.2 Å². The maximum absolute atomic E-state index is 13.0. The van der Waals surface area contributed by atoms with Crippen molar-refractivity contribution in [3.63, 3.8) is 0 Å². The Kier molecular flexibility index (Phi) is 7.25. The van der Waals surface area contributed by atoms with Gasteiger partial charge in [0, 0.05) is 16.1 Å².